The van der Waals surface area contributed by atoms with Crippen molar-refractivity contribution in [2.24, 2.45) is 0 Å². The first-order chi connectivity index (χ1) is 10.4. The summed E-state index contributed by atoms with van der Waals surface area (Å²) in [6.45, 7) is 0. The van der Waals surface area contributed by atoms with Gasteiger partial charge in [-0.15, -0.1) is 0 Å². The van der Waals surface area contributed by atoms with Gasteiger partial charge in [-0.05, 0) is 24.3 Å². The van der Waals surface area contributed by atoms with Crippen molar-refractivity contribution in [2.45, 2.75) is 0 Å². The maximum atomic E-state index is 11.6. The van der Waals surface area contributed by atoms with E-state index in [1.54, 1.807) is 12.1 Å². The molecule has 0 radical (unpaired) electrons. The van der Waals surface area contributed by atoms with Crippen LogP contribution >= 0.6 is 23.2 Å². The van der Waals surface area contributed by atoms with Crippen molar-refractivity contribution in [1.82, 2.24) is 0 Å². The van der Waals surface area contributed by atoms with E-state index in [-0.39, 0.29) is 51.6 Å². The van der Waals surface area contributed by atoms with E-state index in [9.17, 15) is 14.9 Å². The summed E-state index contributed by atoms with van der Waals surface area (Å²) in [5.41, 5.74) is -0.587. The first-order valence-electron chi connectivity index (χ1n) is 5.92. The molecule has 2 aromatic rings. The SMILES string of the molecule is COC(=O)c1cc(Oc2ccc(Cl)cc2Cl)ccc1[N+](=O)[O-].[NaH]. The molecule has 0 atom stereocenters. The topological polar surface area (TPSA) is 78.7 Å². The average molecular weight is 366 g/mol. The summed E-state index contributed by atoms with van der Waals surface area (Å²) >= 11 is 11.8. The van der Waals surface area contributed by atoms with Gasteiger partial charge in [0.05, 0.1) is 17.1 Å². The number of hydrogen-bond acceptors (Lipinski definition) is 5. The molecule has 0 N–H and O–H groups in total. The zero-order valence-electron chi connectivity index (χ0n) is 11.2. The molecule has 0 spiro atoms. The molecule has 0 unspecified atom stereocenters. The van der Waals surface area contributed by atoms with Crippen molar-refractivity contribution in [3.63, 3.8) is 0 Å². The van der Waals surface area contributed by atoms with Crippen LogP contribution in [0.4, 0.5) is 5.69 Å². The van der Waals surface area contributed by atoms with Gasteiger partial charge in [0.1, 0.15) is 17.1 Å². The van der Waals surface area contributed by atoms with Crippen LogP contribution in [0.3, 0.4) is 0 Å². The first-order valence-corrected chi connectivity index (χ1v) is 6.67. The van der Waals surface area contributed by atoms with Gasteiger partial charge in [-0.25, -0.2) is 4.79 Å². The van der Waals surface area contributed by atoms with E-state index in [1.807, 2.05) is 0 Å². The third-order valence-corrected chi connectivity index (χ3v) is 3.22. The summed E-state index contributed by atoms with van der Waals surface area (Å²) in [5, 5.41) is 11.6. The maximum absolute atomic E-state index is 11.6. The molecule has 6 nitrogen and oxygen atoms in total. The van der Waals surface area contributed by atoms with E-state index in [4.69, 9.17) is 27.9 Å². The van der Waals surface area contributed by atoms with Crippen LogP contribution in [0.5, 0.6) is 11.5 Å². The van der Waals surface area contributed by atoms with Gasteiger partial charge in [-0.3, -0.25) is 10.1 Å². The number of hydrogen-bond donors (Lipinski definition) is 0. The molecule has 9 heteroatoms. The number of benzene rings is 2. The number of carbonyl (C=O) groups excluding carboxylic acids is 1. The summed E-state index contributed by atoms with van der Waals surface area (Å²) in [6, 6.07) is 8.35. The number of methoxy groups -OCH3 is 1. The molecule has 2 rings (SSSR count). The molecule has 0 aliphatic carbocycles. The van der Waals surface area contributed by atoms with Gasteiger partial charge in [0, 0.05) is 17.2 Å². The van der Waals surface area contributed by atoms with Gasteiger partial charge >= 0.3 is 35.5 Å². The molecule has 23 heavy (non-hydrogen) atoms. The van der Waals surface area contributed by atoms with E-state index >= 15 is 0 Å². The van der Waals surface area contributed by atoms with Crippen LogP contribution in [0.15, 0.2) is 36.4 Å². The molecule has 116 valence electrons. The Kier molecular flexibility index (Phi) is 7.31. The molecule has 0 fully saturated rings. The molecular formula is C14H10Cl2NNaO5. The number of esters is 1. The Labute approximate surface area is 163 Å². The predicted octanol–water partition coefficient (Wildman–Crippen LogP) is 3.83. The van der Waals surface area contributed by atoms with Crippen molar-refractivity contribution in [2.75, 3.05) is 7.11 Å². The predicted molar refractivity (Wildman–Crippen MR) is 88.1 cm³/mol. The van der Waals surface area contributed by atoms with E-state index in [0.29, 0.717) is 10.8 Å². The average Bonchev–Trinajstić information content (AvgIpc) is 2.49. The number of carbonyl (C=O) groups is 1. The van der Waals surface area contributed by atoms with Gasteiger partial charge in [-0.1, -0.05) is 23.2 Å². The van der Waals surface area contributed by atoms with Gasteiger partial charge < -0.3 is 9.47 Å². The second kappa shape index (κ2) is 8.52. The van der Waals surface area contributed by atoms with Crippen molar-refractivity contribution < 1.29 is 19.2 Å². The van der Waals surface area contributed by atoms with Crippen molar-refractivity contribution in [1.29, 1.82) is 0 Å². The van der Waals surface area contributed by atoms with Gasteiger partial charge in [0.25, 0.3) is 5.69 Å². The third-order valence-electron chi connectivity index (χ3n) is 2.69. The number of rotatable bonds is 4. The fourth-order valence-corrected chi connectivity index (χ4v) is 2.14. The number of halogens is 2. The number of nitro groups is 1. The molecule has 0 aliphatic heterocycles. The summed E-state index contributed by atoms with van der Waals surface area (Å²) in [4.78, 5) is 21.9. The van der Waals surface area contributed by atoms with E-state index < -0.39 is 10.9 Å². The molecule has 0 saturated heterocycles. The zero-order valence-corrected chi connectivity index (χ0v) is 12.7. The first kappa shape index (κ1) is 19.7. The fourth-order valence-electron chi connectivity index (χ4n) is 1.70. The van der Waals surface area contributed by atoms with Crippen molar-refractivity contribution >= 4 is 64.4 Å². The van der Waals surface area contributed by atoms with E-state index in [2.05, 4.69) is 4.74 Å². The van der Waals surface area contributed by atoms with Crippen molar-refractivity contribution in [3.8, 4) is 11.5 Å². The Balaban J connectivity index is 0.00000264. The Morgan fingerprint density at radius 2 is 1.87 bits per heavy atom. The van der Waals surface area contributed by atoms with Gasteiger partial charge in [0.15, 0.2) is 0 Å². The van der Waals surface area contributed by atoms with Crippen LogP contribution in [0, 0.1) is 10.1 Å². The van der Waals surface area contributed by atoms with Crippen LogP contribution in [-0.4, -0.2) is 47.6 Å². The number of nitrogens with zero attached hydrogens (tertiary/aromatic N) is 1. The Morgan fingerprint density at radius 1 is 1.17 bits per heavy atom. The molecule has 0 saturated carbocycles. The Hall–Kier alpha value is -1.31. The monoisotopic (exact) mass is 365 g/mol. The van der Waals surface area contributed by atoms with E-state index in [0.717, 1.165) is 13.2 Å². The van der Waals surface area contributed by atoms with Crippen LogP contribution in [-0.2, 0) is 4.74 Å². The summed E-state index contributed by atoms with van der Waals surface area (Å²) in [7, 11) is 1.13. The molecule has 0 heterocycles. The quantitative estimate of drug-likeness (QED) is 0.356. The minimum absolute atomic E-state index is 0. The van der Waals surface area contributed by atoms with Crippen LogP contribution in [0.1, 0.15) is 10.4 Å². The fraction of sp³-hybridized carbons (Fsp3) is 0.0714. The minimum atomic E-state index is -0.834. The molecule has 0 aliphatic rings. The van der Waals surface area contributed by atoms with Crippen LogP contribution < -0.4 is 4.74 Å². The van der Waals surface area contributed by atoms with Gasteiger partial charge in [0.2, 0.25) is 0 Å². The van der Waals surface area contributed by atoms with Crippen molar-refractivity contribution in [3.05, 3.63) is 62.1 Å². The summed E-state index contributed by atoms with van der Waals surface area (Å²) < 4.78 is 10.0. The number of nitro benzene ring substituents is 1. The second-order valence-electron chi connectivity index (χ2n) is 4.10. The normalized spacial score (nSPS) is 9.70. The second-order valence-corrected chi connectivity index (χ2v) is 4.95. The molecule has 0 amide bonds. The van der Waals surface area contributed by atoms with Crippen LogP contribution in [0.2, 0.25) is 10.0 Å². The summed E-state index contributed by atoms with van der Waals surface area (Å²) in [6.07, 6.45) is 0. The summed E-state index contributed by atoms with van der Waals surface area (Å²) in [5.74, 6) is -0.328. The zero-order chi connectivity index (χ0) is 16.3. The standard InChI is InChI=1S/C14H9Cl2NO5.Na.H/c1-21-14(18)10-7-9(3-4-12(10)17(19)20)22-13-5-2-8(15)6-11(13)16;;/h2-7H,1H3;;. The molecule has 0 aromatic heterocycles. The third kappa shape index (κ3) is 4.83. The Bertz CT molecular complexity index is 754. The van der Waals surface area contributed by atoms with Crippen LogP contribution in [0.25, 0.3) is 0 Å². The van der Waals surface area contributed by atoms with Gasteiger partial charge in [-0.2, -0.15) is 0 Å². The molecule has 2 aromatic carbocycles. The number of ether oxygens (including phenoxy) is 2. The molecular weight excluding hydrogens is 356 g/mol. The Morgan fingerprint density at radius 3 is 2.43 bits per heavy atom. The van der Waals surface area contributed by atoms with E-state index in [1.165, 1.54) is 18.2 Å². The molecule has 0 bridgehead atoms.